The third kappa shape index (κ3) is 3.85. The fourth-order valence-corrected chi connectivity index (χ4v) is 8.46. The van der Waals surface area contributed by atoms with Crippen molar-refractivity contribution in [2.45, 2.75) is 0 Å². The van der Waals surface area contributed by atoms with Crippen LogP contribution in [-0.4, -0.2) is 9.13 Å². The van der Waals surface area contributed by atoms with Gasteiger partial charge in [0.15, 0.2) is 0 Å². The second-order valence-electron chi connectivity index (χ2n) is 13.3. The number of benzene rings is 9. The van der Waals surface area contributed by atoms with Crippen molar-refractivity contribution in [3.63, 3.8) is 0 Å². The van der Waals surface area contributed by atoms with Gasteiger partial charge in [-0.25, -0.2) is 0 Å². The molecule has 0 amide bonds. The van der Waals surface area contributed by atoms with E-state index in [4.69, 9.17) is 0 Å². The van der Waals surface area contributed by atoms with Crippen LogP contribution < -0.4 is 0 Å². The molecule has 0 fully saturated rings. The van der Waals surface area contributed by atoms with Crippen LogP contribution in [0.15, 0.2) is 182 Å². The van der Waals surface area contributed by atoms with Crippen molar-refractivity contribution in [2.24, 2.45) is 0 Å². The highest BCUT2D eigenvalue weighted by molar-refractivity contribution is 6.28. The molecule has 0 radical (unpaired) electrons. The lowest BCUT2D eigenvalue weighted by Gasteiger charge is -2.10. The maximum atomic E-state index is 2.43. The van der Waals surface area contributed by atoms with Crippen molar-refractivity contribution >= 4 is 75.9 Å². The fraction of sp³-hybridized carbons (Fsp3) is 0. The molecule has 2 heteroatoms. The summed E-state index contributed by atoms with van der Waals surface area (Å²) >= 11 is 0. The van der Waals surface area contributed by atoms with Crippen LogP contribution in [0.2, 0.25) is 0 Å². The van der Waals surface area contributed by atoms with E-state index in [1.54, 1.807) is 0 Å². The summed E-state index contributed by atoms with van der Waals surface area (Å²) < 4.78 is 4.86. The van der Waals surface area contributed by atoms with Gasteiger partial charge in [-0.2, -0.15) is 0 Å². The first kappa shape index (κ1) is 27.3. The molecule has 0 unspecified atom stereocenters. The van der Waals surface area contributed by atoms with Crippen molar-refractivity contribution in [1.29, 1.82) is 0 Å². The van der Waals surface area contributed by atoms with E-state index in [-0.39, 0.29) is 0 Å². The number of fused-ring (bicyclic) bond motifs is 12. The zero-order valence-electron chi connectivity index (χ0n) is 27.2. The minimum absolute atomic E-state index is 1.17. The average molecular weight is 635 g/mol. The molecular weight excluding hydrogens is 605 g/mol. The number of nitrogens with zero attached hydrogens (tertiary/aromatic N) is 2. The van der Waals surface area contributed by atoms with Gasteiger partial charge in [-0.05, 0) is 98.0 Å². The predicted octanol–water partition coefficient (Wildman–Crippen LogP) is 13.0. The molecule has 0 aliphatic rings. The number of hydrogen-bond donors (Lipinski definition) is 0. The molecule has 0 spiro atoms. The topological polar surface area (TPSA) is 9.86 Å². The first-order valence-corrected chi connectivity index (χ1v) is 17.3. The third-order valence-electron chi connectivity index (χ3n) is 10.7. The van der Waals surface area contributed by atoms with Crippen LogP contribution in [0.1, 0.15) is 0 Å². The Hall–Kier alpha value is -6.64. The SMILES string of the molecule is c1ccc(-n2c3cc(-c4ccc5c(c4)c4c6c(ccc7ccccc76)ccc4n5-c4ccccc4)ccc3c3c4ccccc4ccc32)cc1. The molecule has 2 nitrogen and oxygen atoms in total. The standard InChI is InChI=1S/C48H30N2/c1-3-13-36(14-4-1)49-42-26-24-34(29-41(42)48-44(49)28-23-33-20-19-31-11-7-9-17-38(31)46(33)48)35-21-25-40-45(30-35)50(37-15-5-2-6-16-37)43-27-22-32-12-8-10-18-39(32)47(40)43/h1-30H. The molecule has 9 aromatic carbocycles. The van der Waals surface area contributed by atoms with Crippen molar-refractivity contribution < 1.29 is 0 Å². The Kier molecular flexibility index (Phi) is 5.70. The summed E-state index contributed by atoms with van der Waals surface area (Å²) in [5, 5.41) is 12.8. The molecule has 0 atom stereocenters. The van der Waals surface area contributed by atoms with Gasteiger partial charge in [0.05, 0.1) is 22.1 Å². The number of rotatable bonds is 3. The molecule has 0 N–H and O–H groups in total. The van der Waals surface area contributed by atoms with Crippen LogP contribution in [0.3, 0.4) is 0 Å². The van der Waals surface area contributed by atoms with Gasteiger partial charge in [-0.3, -0.25) is 0 Å². The van der Waals surface area contributed by atoms with Crippen LogP contribution in [-0.2, 0) is 0 Å². The zero-order chi connectivity index (χ0) is 32.8. The normalized spacial score (nSPS) is 12.0. The van der Waals surface area contributed by atoms with E-state index in [1.165, 1.54) is 98.4 Å². The van der Waals surface area contributed by atoms with Crippen LogP contribution in [0, 0.1) is 0 Å². The van der Waals surface area contributed by atoms with Gasteiger partial charge in [0.2, 0.25) is 0 Å². The molecule has 11 aromatic rings. The van der Waals surface area contributed by atoms with E-state index in [0.29, 0.717) is 0 Å². The van der Waals surface area contributed by atoms with E-state index in [0.717, 1.165) is 0 Å². The van der Waals surface area contributed by atoms with Crippen molar-refractivity contribution in [3.05, 3.63) is 182 Å². The summed E-state index contributed by atoms with van der Waals surface area (Å²) in [6, 6.07) is 66.7. The predicted molar refractivity (Wildman–Crippen MR) is 213 cm³/mol. The maximum Gasteiger partial charge on any atom is 0.0547 e. The molecule has 0 saturated carbocycles. The number of aromatic nitrogens is 2. The van der Waals surface area contributed by atoms with Crippen molar-refractivity contribution in [3.8, 4) is 22.5 Å². The lowest BCUT2D eigenvalue weighted by atomic mass is 9.96. The van der Waals surface area contributed by atoms with Gasteiger partial charge in [0.1, 0.15) is 0 Å². The molecule has 2 aromatic heterocycles. The van der Waals surface area contributed by atoms with Crippen LogP contribution in [0.4, 0.5) is 0 Å². The average Bonchev–Trinajstić information content (AvgIpc) is 3.71. The molecule has 0 bridgehead atoms. The van der Waals surface area contributed by atoms with E-state index >= 15 is 0 Å². The summed E-state index contributed by atoms with van der Waals surface area (Å²) in [7, 11) is 0. The third-order valence-corrected chi connectivity index (χ3v) is 10.7. The maximum absolute atomic E-state index is 2.43. The van der Waals surface area contributed by atoms with E-state index in [2.05, 4.69) is 191 Å². The fourth-order valence-electron chi connectivity index (χ4n) is 8.46. The molecule has 232 valence electrons. The van der Waals surface area contributed by atoms with Crippen LogP contribution in [0.5, 0.6) is 0 Å². The Morgan fingerprint density at radius 2 is 0.760 bits per heavy atom. The minimum Gasteiger partial charge on any atom is -0.309 e. The zero-order valence-corrected chi connectivity index (χ0v) is 27.2. The molecule has 2 heterocycles. The van der Waals surface area contributed by atoms with Gasteiger partial charge in [0.25, 0.3) is 0 Å². The second-order valence-corrected chi connectivity index (χ2v) is 13.3. The highest BCUT2D eigenvalue weighted by Crippen LogP contribution is 2.43. The first-order valence-electron chi connectivity index (χ1n) is 17.3. The Labute approximate surface area is 288 Å². The Morgan fingerprint density at radius 1 is 0.260 bits per heavy atom. The first-order chi connectivity index (χ1) is 24.8. The van der Waals surface area contributed by atoms with Crippen LogP contribution in [0.25, 0.3) is 98.4 Å². The van der Waals surface area contributed by atoms with Crippen LogP contribution >= 0.6 is 0 Å². The molecular formula is C48H30N2. The highest BCUT2D eigenvalue weighted by atomic mass is 15.0. The summed E-state index contributed by atoms with van der Waals surface area (Å²) in [6.07, 6.45) is 0. The van der Waals surface area contributed by atoms with Gasteiger partial charge >= 0.3 is 0 Å². The Balaban J connectivity index is 1.24. The summed E-state index contributed by atoms with van der Waals surface area (Å²) in [6.45, 7) is 0. The van der Waals surface area contributed by atoms with E-state index in [1.807, 2.05) is 0 Å². The van der Waals surface area contributed by atoms with Crippen molar-refractivity contribution in [2.75, 3.05) is 0 Å². The molecule has 11 rings (SSSR count). The summed E-state index contributed by atoms with van der Waals surface area (Å²) in [4.78, 5) is 0. The van der Waals surface area contributed by atoms with Gasteiger partial charge in [-0.15, -0.1) is 0 Å². The Bertz CT molecular complexity index is 3130. The van der Waals surface area contributed by atoms with E-state index < -0.39 is 0 Å². The lowest BCUT2D eigenvalue weighted by Crippen LogP contribution is -1.94. The monoisotopic (exact) mass is 634 g/mol. The lowest BCUT2D eigenvalue weighted by molar-refractivity contribution is 1.18. The van der Waals surface area contributed by atoms with Gasteiger partial charge < -0.3 is 9.13 Å². The van der Waals surface area contributed by atoms with Crippen molar-refractivity contribution in [1.82, 2.24) is 9.13 Å². The molecule has 0 saturated heterocycles. The molecule has 0 aliphatic heterocycles. The largest absolute Gasteiger partial charge is 0.309 e. The smallest absolute Gasteiger partial charge is 0.0547 e. The molecule has 50 heavy (non-hydrogen) atoms. The second kappa shape index (κ2) is 10.4. The Morgan fingerprint density at radius 3 is 1.48 bits per heavy atom. The quantitative estimate of drug-likeness (QED) is 0.171. The van der Waals surface area contributed by atoms with Gasteiger partial charge in [-0.1, -0.05) is 127 Å². The number of hydrogen-bond acceptors (Lipinski definition) is 0. The summed E-state index contributed by atoms with van der Waals surface area (Å²) in [5.74, 6) is 0. The van der Waals surface area contributed by atoms with Gasteiger partial charge in [0, 0.05) is 32.9 Å². The van der Waals surface area contributed by atoms with E-state index in [9.17, 15) is 0 Å². The summed E-state index contributed by atoms with van der Waals surface area (Å²) in [5.41, 5.74) is 9.61. The number of para-hydroxylation sites is 2. The molecule has 0 aliphatic carbocycles. The highest BCUT2D eigenvalue weighted by Gasteiger charge is 2.19. The minimum atomic E-state index is 1.17.